The number of phenolic OH excluding ortho intramolecular Hbond substituents is 2. The van der Waals surface area contributed by atoms with Crippen molar-refractivity contribution in [2.45, 2.75) is 6.92 Å². The molecule has 0 unspecified atom stereocenters. The second-order valence-electron chi connectivity index (χ2n) is 3.31. The van der Waals surface area contributed by atoms with E-state index in [1.54, 1.807) is 0 Å². The summed E-state index contributed by atoms with van der Waals surface area (Å²) in [4.78, 5) is 0. The molecule has 0 amide bonds. The molecule has 0 radical (unpaired) electrons. The van der Waals surface area contributed by atoms with E-state index in [9.17, 15) is 10.2 Å². The van der Waals surface area contributed by atoms with E-state index >= 15 is 0 Å². The predicted octanol–water partition coefficient (Wildman–Crippen LogP) is 1.53. The molecule has 0 aliphatic heterocycles. The van der Waals surface area contributed by atoms with Gasteiger partial charge in [0.25, 0.3) is 0 Å². The van der Waals surface area contributed by atoms with E-state index in [-0.39, 0.29) is 17.2 Å². The first-order valence-corrected chi connectivity index (χ1v) is 5.54. The SMILES string of the molecule is CCOCCOCCOc1cc(O)ccc1O. The second-order valence-corrected chi connectivity index (χ2v) is 3.31. The van der Waals surface area contributed by atoms with Gasteiger partial charge < -0.3 is 24.4 Å². The van der Waals surface area contributed by atoms with E-state index in [1.165, 1.54) is 18.2 Å². The van der Waals surface area contributed by atoms with Crippen LogP contribution in [0.15, 0.2) is 18.2 Å². The topological polar surface area (TPSA) is 68.2 Å². The highest BCUT2D eigenvalue weighted by molar-refractivity contribution is 5.43. The highest BCUT2D eigenvalue weighted by Gasteiger charge is 2.02. The molecule has 1 aromatic carbocycles. The summed E-state index contributed by atoms with van der Waals surface area (Å²) in [5.74, 6) is 0.297. The van der Waals surface area contributed by atoms with Gasteiger partial charge in [-0.25, -0.2) is 0 Å². The number of hydrogen-bond acceptors (Lipinski definition) is 5. The van der Waals surface area contributed by atoms with Crippen LogP contribution >= 0.6 is 0 Å². The molecule has 0 aliphatic rings. The molecule has 0 fully saturated rings. The summed E-state index contributed by atoms with van der Waals surface area (Å²) < 4.78 is 15.6. The van der Waals surface area contributed by atoms with Crippen molar-refractivity contribution in [2.75, 3.05) is 33.0 Å². The van der Waals surface area contributed by atoms with Crippen molar-refractivity contribution >= 4 is 0 Å². The summed E-state index contributed by atoms with van der Waals surface area (Å²) in [6, 6.07) is 4.12. The van der Waals surface area contributed by atoms with Crippen molar-refractivity contribution in [2.24, 2.45) is 0 Å². The fourth-order valence-corrected chi connectivity index (χ4v) is 1.19. The number of hydrogen-bond donors (Lipinski definition) is 2. The molecule has 0 atom stereocenters. The summed E-state index contributed by atoms with van der Waals surface area (Å²) in [5, 5.41) is 18.6. The third-order valence-corrected chi connectivity index (χ3v) is 2.00. The van der Waals surface area contributed by atoms with Gasteiger partial charge in [-0.1, -0.05) is 0 Å². The number of rotatable bonds is 8. The zero-order chi connectivity index (χ0) is 12.5. The third-order valence-electron chi connectivity index (χ3n) is 2.00. The highest BCUT2D eigenvalue weighted by Crippen LogP contribution is 2.29. The van der Waals surface area contributed by atoms with Gasteiger partial charge in [-0.05, 0) is 19.1 Å². The number of benzene rings is 1. The first-order chi connectivity index (χ1) is 8.24. The van der Waals surface area contributed by atoms with Gasteiger partial charge in [-0.2, -0.15) is 0 Å². The van der Waals surface area contributed by atoms with Crippen LogP contribution in [0.4, 0.5) is 0 Å². The van der Waals surface area contributed by atoms with E-state index in [0.717, 1.165) is 0 Å². The van der Waals surface area contributed by atoms with Crippen LogP contribution in [0, 0.1) is 0 Å². The minimum Gasteiger partial charge on any atom is -0.508 e. The van der Waals surface area contributed by atoms with Gasteiger partial charge in [0.1, 0.15) is 12.4 Å². The van der Waals surface area contributed by atoms with Crippen LogP contribution in [0.5, 0.6) is 17.2 Å². The Morgan fingerprint density at radius 3 is 2.47 bits per heavy atom. The fourth-order valence-electron chi connectivity index (χ4n) is 1.19. The maximum atomic E-state index is 9.41. The zero-order valence-electron chi connectivity index (χ0n) is 9.89. The molecule has 0 aliphatic carbocycles. The second kappa shape index (κ2) is 7.76. The minimum atomic E-state index is -0.00267. The summed E-state index contributed by atoms with van der Waals surface area (Å²) in [6.45, 7) is 4.40. The van der Waals surface area contributed by atoms with Gasteiger partial charge in [-0.15, -0.1) is 0 Å². The van der Waals surface area contributed by atoms with Gasteiger partial charge in [0.2, 0.25) is 0 Å². The van der Waals surface area contributed by atoms with Crippen molar-refractivity contribution in [3.8, 4) is 17.2 Å². The third kappa shape index (κ3) is 5.42. The van der Waals surface area contributed by atoms with E-state index < -0.39 is 0 Å². The molecule has 5 nitrogen and oxygen atoms in total. The van der Waals surface area contributed by atoms with Crippen LogP contribution in [0.3, 0.4) is 0 Å². The average Bonchev–Trinajstić information content (AvgIpc) is 2.32. The molecule has 1 aromatic rings. The molecule has 17 heavy (non-hydrogen) atoms. The molecule has 5 heteroatoms. The smallest absolute Gasteiger partial charge is 0.164 e. The van der Waals surface area contributed by atoms with Crippen LogP contribution in [-0.2, 0) is 9.47 Å². The van der Waals surface area contributed by atoms with Crippen molar-refractivity contribution in [1.82, 2.24) is 0 Å². The summed E-state index contributed by atoms with van der Waals surface area (Å²) >= 11 is 0. The van der Waals surface area contributed by atoms with Gasteiger partial charge >= 0.3 is 0 Å². The average molecular weight is 242 g/mol. The number of ether oxygens (including phenoxy) is 3. The predicted molar refractivity (Wildman–Crippen MR) is 62.6 cm³/mol. The van der Waals surface area contributed by atoms with E-state index in [0.29, 0.717) is 33.0 Å². The quantitative estimate of drug-likeness (QED) is 0.534. The van der Waals surface area contributed by atoms with E-state index in [2.05, 4.69) is 0 Å². The fraction of sp³-hybridized carbons (Fsp3) is 0.500. The van der Waals surface area contributed by atoms with Gasteiger partial charge in [0.15, 0.2) is 11.5 Å². The van der Waals surface area contributed by atoms with Gasteiger partial charge in [-0.3, -0.25) is 0 Å². The monoisotopic (exact) mass is 242 g/mol. The first-order valence-electron chi connectivity index (χ1n) is 5.54. The van der Waals surface area contributed by atoms with Crippen LogP contribution in [0.2, 0.25) is 0 Å². The minimum absolute atomic E-state index is 0.00267. The summed E-state index contributed by atoms with van der Waals surface area (Å²) in [5.41, 5.74) is 0. The molecular formula is C12H18O5. The van der Waals surface area contributed by atoms with Gasteiger partial charge in [0.05, 0.1) is 19.8 Å². The largest absolute Gasteiger partial charge is 0.508 e. The molecule has 0 saturated carbocycles. The molecule has 1 rings (SSSR count). The Balaban J connectivity index is 2.15. The summed E-state index contributed by atoms with van der Waals surface area (Å²) in [7, 11) is 0. The van der Waals surface area contributed by atoms with Crippen LogP contribution in [-0.4, -0.2) is 43.2 Å². The molecule has 0 saturated heterocycles. The molecule has 96 valence electrons. The molecule has 0 spiro atoms. The van der Waals surface area contributed by atoms with Crippen LogP contribution in [0.1, 0.15) is 6.92 Å². The van der Waals surface area contributed by atoms with E-state index in [4.69, 9.17) is 14.2 Å². The molecule has 0 heterocycles. The Kier molecular flexibility index (Phi) is 6.21. The molecular weight excluding hydrogens is 224 g/mol. The standard InChI is InChI=1S/C12H18O5/c1-2-15-5-6-16-7-8-17-12-9-10(13)3-4-11(12)14/h3-4,9,13-14H,2,5-8H2,1H3. The van der Waals surface area contributed by atoms with Crippen molar-refractivity contribution < 1.29 is 24.4 Å². The normalized spacial score (nSPS) is 10.4. The van der Waals surface area contributed by atoms with Crippen molar-refractivity contribution in [3.63, 3.8) is 0 Å². The molecule has 0 bridgehead atoms. The number of phenols is 2. The Morgan fingerprint density at radius 1 is 1.00 bits per heavy atom. The lowest BCUT2D eigenvalue weighted by molar-refractivity contribution is 0.0401. The lowest BCUT2D eigenvalue weighted by Crippen LogP contribution is -2.10. The van der Waals surface area contributed by atoms with Crippen molar-refractivity contribution in [3.05, 3.63) is 18.2 Å². The Labute approximate surface area is 101 Å². The maximum absolute atomic E-state index is 9.41. The lowest BCUT2D eigenvalue weighted by Gasteiger charge is -2.08. The Morgan fingerprint density at radius 2 is 1.71 bits per heavy atom. The highest BCUT2D eigenvalue weighted by atomic mass is 16.5. The van der Waals surface area contributed by atoms with Crippen LogP contribution in [0.25, 0.3) is 0 Å². The van der Waals surface area contributed by atoms with Gasteiger partial charge in [0, 0.05) is 12.7 Å². The summed E-state index contributed by atoms with van der Waals surface area (Å²) in [6.07, 6.45) is 0. The Bertz CT molecular complexity index is 327. The Hall–Kier alpha value is -1.46. The first kappa shape index (κ1) is 13.6. The number of aromatic hydroxyl groups is 2. The lowest BCUT2D eigenvalue weighted by atomic mass is 10.3. The molecule has 2 N–H and O–H groups in total. The van der Waals surface area contributed by atoms with E-state index in [1.807, 2.05) is 6.92 Å². The maximum Gasteiger partial charge on any atom is 0.164 e. The zero-order valence-corrected chi connectivity index (χ0v) is 9.89. The van der Waals surface area contributed by atoms with Crippen LogP contribution < -0.4 is 4.74 Å². The van der Waals surface area contributed by atoms with Crippen molar-refractivity contribution in [1.29, 1.82) is 0 Å². The molecule has 0 aromatic heterocycles.